The largest absolute Gasteiger partial charge is 0.493 e. The van der Waals surface area contributed by atoms with Crippen molar-refractivity contribution in [2.45, 2.75) is 37.0 Å². The van der Waals surface area contributed by atoms with Crippen LogP contribution in [0.15, 0.2) is 39.7 Å². The Hall–Kier alpha value is -2.26. The number of hydrogen-bond acceptors (Lipinski definition) is 7. The minimum absolute atomic E-state index is 0.0846. The molecule has 1 aliphatic heterocycles. The maximum Gasteiger partial charge on any atom is 0.264 e. The van der Waals surface area contributed by atoms with Crippen molar-refractivity contribution < 1.29 is 17.9 Å². The molecule has 0 aromatic heterocycles. The lowest BCUT2D eigenvalue weighted by atomic mass is 9.97. The number of methoxy groups -OCH3 is 2. The average molecular weight is 409 g/mol. The summed E-state index contributed by atoms with van der Waals surface area (Å²) < 4.78 is 38.1. The highest BCUT2D eigenvalue weighted by atomic mass is 32.2. The molecule has 8 nitrogen and oxygen atoms in total. The first-order valence-corrected chi connectivity index (χ1v) is 10.9. The first-order valence-electron chi connectivity index (χ1n) is 9.45. The van der Waals surface area contributed by atoms with Crippen molar-refractivity contribution in [3.8, 4) is 11.5 Å². The van der Waals surface area contributed by atoms with Crippen LogP contribution in [0.25, 0.3) is 0 Å². The smallest absolute Gasteiger partial charge is 0.264 e. The van der Waals surface area contributed by atoms with Gasteiger partial charge in [-0.2, -0.15) is 0 Å². The van der Waals surface area contributed by atoms with Gasteiger partial charge in [-0.15, -0.1) is 0 Å². The molecule has 0 saturated carbocycles. The molecule has 154 valence electrons. The molecule has 9 heteroatoms. The molecule has 0 spiro atoms. The molecule has 0 unspecified atom stereocenters. The van der Waals surface area contributed by atoms with Crippen LogP contribution in [0.3, 0.4) is 0 Å². The zero-order chi connectivity index (χ0) is 20.0. The van der Waals surface area contributed by atoms with E-state index in [1.165, 1.54) is 57.6 Å². The van der Waals surface area contributed by atoms with Gasteiger partial charge in [0.05, 0.1) is 32.5 Å². The van der Waals surface area contributed by atoms with Crippen molar-refractivity contribution in [2.24, 2.45) is 4.99 Å². The number of nitrogens with zero attached hydrogens (tertiary/aromatic N) is 2. The second-order valence-corrected chi connectivity index (χ2v) is 8.54. The number of sulfonamides is 1. The standard InChI is InChI=1S/C19H28N4O4S/c1-26-17-9-8-16(12-18(17)27-2)28(24,25)22-19-20-13-23(14-21-19)11-10-15-6-4-3-5-7-15/h6,8-9,12H,3-5,7,10-11,13-14H2,1-2H3,(H2,20,21,22). The molecule has 0 radical (unpaired) electrons. The summed E-state index contributed by atoms with van der Waals surface area (Å²) in [5.41, 5.74) is 1.52. The molecular formula is C19H28N4O4S. The zero-order valence-electron chi connectivity index (χ0n) is 16.4. The molecule has 0 atom stereocenters. The number of allylic oxidation sites excluding steroid dienone is 1. The molecule has 1 aliphatic carbocycles. The highest BCUT2D eigenvalue weighted by Crippen LogP contribution is 2.29. The fourth-order valence-electron chi connectivity index (χ4n) is 3.28. The van der Waals surface area contributed by atoms with Crippen molar-refractivity contribution in [3.05, 3.63) is 29.8 Å². The molecule has 0 fully saturated rings. The fraction of sp³-hybridized carbons (Fsp3) is 0.526. The van der Waals surface area contributed by atoms with E-state index in [2.05, 4.69) is 26.0 Å². The molecule has 1 aromatic rings. The summed E-state index contributed by atoms with van der Waals surface area (Å²) in [6, 6.07) is 4.46. The van der Waals surface area contributed by atoms with Gasteiger partial charge in [0.15, 0.2) is 11.5 Å². The van der Waals surface area contributed by atoms with Crippen LogP contribution in [0.5, 0.6) is 11.5 Å². The molecule has 0 bridgehead atoms. The first-order chi connectivity index (χ1) is 13.5. The third kappa shape index (κ3) is 5.17. The molecular weight excluding hydrogens is 380 g/mol. The Morgan fingerprint density at radius 3 is 2.68 bits per heavy atom. The van der Waals surface area contributed by atoms with Crippen LogP contribution in [0, 0.1) is 0 Å². The van der Waals surface area contributed by atoms with Gasteiger partial charge in [-0.25, -0.2) is 18.1 Å². The Morgan fingerprint density at radius 1 is 1.21 bits per heavy atom. The predicted molar refractivity (Wildman–Crippen MR) is 108 cm³/mol. The monoisotopic (exact) mass is 408 g/mol. The van der Waals surface area contributed by atoms with Gasteiger partial charge >= 0.3 is 0 Å². The number of aliphatic imine (C=N–C) groups is 1. The van der Waals surface area contributed by atoms with E-state index in [1.54, 1.807) is 6.07 Å². The quantitative estimate of drug-likeness (QED) is 0.671. The van der Waals surface area contributed by atoms with Gasteiger partial charge in [0.25, 0.3) is 10.0 Å². The van der Waals surface area contributed by atoms with Crippen LogP contribution >= 0.6 is 0 Å². The Labute approximate surface area is 166 Å². The minimum atomic E-state index is -3.77. The summed E-state index contributed by atoms with van der Waals surface area (Å²) in [6.45, 7) is 1.93. The first kappa shape index (κ1) is 20.5. The molecule has 2 N–H and O–H groups in total. The van der Waals surface area contributed by atoms with E-state index in [0.717, 1.165) is 13.0 Å². The van der Waals surface area contributed by atoms with Gasteiger partial charge in [-0.1, -0.05) is 11.6 Å². The zero-order valence-corrected chi connectivity index (χ0v) is 17.2. The molecule has 0 amide bonds. The normalized spacial score (nSPS) is 17.9. The van der Waals surface area contributed by atoms with Gasteiger partial charge in [-0.3, -0.25) is 4.90 Å². The Bertz CT molecular complexity index is 851. The number of hydrogen-bond donors (Lipinski definition) is 2. The maximum atomic E-state index is 12.6. The van der Waals surface area contributed by atoms with Crippen molar-refractivity contribution in [1.29, 1.82) is 0 Å². The number of nitrogens with one attached hydrogen (secondary N) is 2. The van der Waals surface area contributed by atoms with E-state index in [1.807, 2.05) is 0 Å². The van der Waals surface area contributed by atoms with Crippen molar-refractivity contribution in [1.82, 2.24) is 14.9 Å². The van der Waals surface area contributed by atoms with E-state index in [0.29, 0.717) is 24.8 Å². The Kier molecular flexibility index (Phi) is 6.79. The van der Waals surface area contributed by atoms with Gasteiger partial charge in [0.1, 0.15) is 0 Å². The predicted octanol–water partition coefficient (Wildman–Crippen LogP) is 2.05. The molecule has 1 aromatic carbocycles. The Balaban J connectivity index is 1.57. The van der Waals surface area contributed by atoms with E-state index >= 15 is 0 Å². The number of guanidine groups is 1. The topological polar surface area (TPSA) is 92.3 Å². The van der Waals surface area contributed by atoms with Crippen LogP contribution in [0.1, 0.15) is 32.1 Å². The van der Waals surface area contributed by atoms with Crippen LogP contribution in [0.2, 0.25) is 0 Å². The highest BCUT2D eigenvalue weighted by molar-refractivity contribution is 7.90. The SMILES string of the molecule is COc1ccc(S(=O)(=O)NC2=NCN(CCC3=CCCCC3)CN2)cc1OC. The van der Waals surface area contributed by atoms with Crippen molar-refractivity contribution in [3.63, 3.8) is 0 Å². The second kappa shape index (κ2) is 9.29. The third-order valence-corrected chi connectivity index (χ3v) is 6.27. The van der Waals surface area contributed by atoms with E-state index in [4.69, 9.17) is 9.47 Å². The summed E-state index contributed by atoms with van der Waals surface area (Å²) in [4.78, 5) is 6.57. The van der Waals surface area contributed by atoms with E-state index < -0.39 is 10.0 Å². The van der Waals surface area contributed by atoms with Gasteiger partial charge in [0.2, 0.25) is 5.96 Å². The summed E-state index contributed by atoms with van der Waals surface area (Å²) in [7, 11) is -0.805. The summed E-state index contributed by atoms with van der Waals surface area (Å²) in [6.07, 6.45) is 8.36. The lowest BCUT2D eigenvalue weighted by molar-refractivity contribution is 0.265. The van der Waals surface area contributed by atoms with Gasteiger partial charge < -0.3 is 14.8 Å². The van der Waals surface area contributed by atoms with Gasteiger partial charge in [-0.05, 0) is 44.2 Å². The number of benzene rings is 1. The third-order valence-electron chi connectivity index (χ3n) is 4.93. The molecule has 2 aliphatic rings. The van der Waals surface area contributed by atoms with Crippen molar-refractivity contribution in [2.75, 3.05) is 34.1 Å². The molecule has 3 rings (SSSR count). The average Bonchev–Trinajstić information content (AvgIpc) is 2.73. The van der Waals surface area contributed by atoms with Crippen LogP contribution in [-0.4, -0.2) is 53.4 Å². The fourth-order valence-corrected chi connectivity index (χ4v) is 4.30. The summed E-state index contributed by atoms with van der Waals surface area (Å²) >= 11 is 0. The second-order valence-electron chi connectivity index (χ2n) is 6.86. The van der Waals surface area contributed by atoms with Crippen molar-refractivity contribution >= 4 is 16.0 Å². The van der Waals surface area contributed by atoms with Gasteiger partial charge in [0, 0.05) is 12.6 Å². The van der Waals surface area contributed by atoms with Crippen LogP contribution < -0.4 is 19.5 Å². The van der Waals surface area contributed by atoms with Crippen LogP contribution in [0.4, 0.5) is 0 Å². The minimum Gasteiger partial charge on any atom is -0.493 e. The Morgan fingerprint density at radius 2 is 2.04 bits per heavy atom. The molecule has 1 heterocycles. The van der Waals surface area contributed by atoms with Crippen LogP contribution in [-0.2, 0) is 10.0 Å². The lowest BCUT2D eigenvalue weighted by Crippen LogP contribution is -2.50. The maximum absolute atomic E-state index is 12.6. The van der Waals surface area contributed by atoms with E-state index in [-0.39, 0.29) is 10.9 Å². The molecule has 0 saturated heterocycles. The number of ether oxygens (including phenoxy) is 2. The summed E-state index contributed by atoms with van der Waals surface area (Å²) in [5.74, 6) is 1.08. The number of rotatable bonds is 7. The summed E-state index contributed by atoms with van der Waals surface area (Å²) in [5, 5.41) is 3.04. The molecule has 28 heavy (non-hydrogen) atoms. The highest BCUT2D eigenvalue weighted by Gasteiger charge is 2.21. The van der Waals surface area contributed by atoms with E-state index in [9.17, 15) is 8.42 Å². The lowest BCUT2D eigenvalue weighted by Gasteiger charge is -2.27.